The number of nitrogens with zero attached hydrogens (tertiary/aromatic N) is 1. The summed E-state index contributed by atoms with van der Waals surface area (Å²) in [5.74, 6) is -2.09. The number of likely N-dealkylation sites (tertiary alicyclic amines) is 1. The number of hydrogen-bond donors (Lipinski definition) is 1. The second-order valence-electron chi connectivity index (χ2n) is 6.48. The summed E-state index contributed by atoms with van der Waals surface area (Å²) < 4.78 is 18.8. The lowest BCUT2D eigenvalue weighted by Gasteiger charge is -2.33. The monoisotopic (exact) mass is 321 g/mol. The summed E-state index contributed by atoms with van der Waals surface area (Å²) in [6.07, 6.45) is 0.422. The van der Waals surface area contributed by atoms with E-state index >= 15 is 0 Å². The molecule has 1 aromatic carbocycles. The fourth-order valence-electron chi connectivity index (χ4n) is 3.66. The summed E-state index contributed by atoms with van der Waals surface area (Å²) in [6.45, 7) is 3.08. The van der Waals surface area contributed by atoms with Gasteiger partial charge in [0, 0.05) is 25.6 Å². The molecule has 0 saturated carbocycles. The van der Waals surface area contributed by atoms with Gasteiger partial charge >= 0.3 is 5.97 Å². The molecule has 0 radical (unpaired) electrons. The molecule has 0 aromatic heterocycles. The van der Waals surface area contributed by atoms with E-state index in [1.165, 1.54) is 12.1 Å². The van der Waals surface area contributed by atoms with E-state index in [0.717, 1.165) is 0 Å². The van der Waals surface area contributed by atoms with Crippen molar-refractivity contribution in [1.82, 2.24) is 4.90 Å². The van der Waals surface area contributed by atoms with E-state index in [9.17, 15) is 19.1 Å². The number of carboxylic acids is 1. The standard InChI is InChI=1S/C17H20FNO4/c1-11(12-3-2-4-14(18)7-12)15(20)19-8-13-9-23-6-5-17(13,10-19)16(21)22/h2-4,7,11,13H,5-6,8-10H2,1H3,(H,21,22)/t11?,13-,17+/m0/s1. The van der Waals surface area contributed by atoms with Crippen LogP contribution in [0.4, 0.5) is 4.39 Å². The first-order valence-electron chi connectivity index (χ1n) is 7.79. The Morgan fingerprint density at radius 1 is 1.48 bits per heavy atom. The summed E-state index contributed by atoms with van der Waals surface area (Å²) in [7, 11) is 0. The molecule has 1 N–H and O–H groups in total. The number of ether oxygens (including phenoxy) is 1. The van der Waals surface area contributed by atoms with Crippen molar-refractivity contribution in [3.63, 3.8) is 0 Å². The first-order chi connectivity index (χ1) is 10.9. The van der Waals surface area contributed by atoms with Crippen molar-refractivity contribution in [3.8, 4) is 0 Å². The zero-order valence-electron chi connectivity index (χ0n) is 13.0. The van der Waals surface area contributed by atoms with Crippen LogP contribution < -0.4 is 0 Å². The molecule has 23 heavy (non-hydrogen) atoms. The third-order valence-electron chi connectivity index (χ3n) is 5.16. The van der Waals surface area contributed by atoms with Crippen molar-refractivity contribution in [2.45, 2.75) is 19.3 Å². The molecular formula is C17H20FNO4. The number of hydrogen-bond acceptors (Lipinski definition) is 3. The van der Waals surface area contributed by atoms with Gasteiger partial charge in [-0.25, -0.2) is 4.39 Å². The molecule has 6 heteroatoms. The Morgan fingerprint density at radius 2 is 2.26 bits per heavy atom. The summed E-state index contributed by atoms with van der Waals surface area (Å²) in [5.41, 5.74) is -0.305. The highest BCUT2D eigenvalue weighted by molar-refractivity contribution is 5.85. The minimum absolute atomic E-state index is 0.161. The van der Waals surface area contributed by atoms with Gasteiger partial charge in [0.2, 0.25) is 5.91 Å². The third kappa shape index (κ3) is 2.72. The maximum atomic E-state index is 13.4. The lowest BCUT2D eigenvalue weighted by Crippen LogP contribution is -2.45. The molecule has 3 rings (SSSR count). The van der Waals surface area contributed by atoms with E-state index < -0.39 is 17.3 Å². The molecular weight excluding hydrogens is 301 g/mol. The molecule has 5 nitrogen and oxygen atoms in total. The summed E-state index contributed by atoms with van der Waals surface area (Å²) in [4.78, 5) is 26.1. The Bertz CT molecular complexity index is 635. The van der Waals surface area contributed by atoms with Gasteiger partial charge in [-0.2, -0.15) is 0 Å². The second kappa shape index (κ2) is 5.92. The number of aliphatic carboxylic acids is 1. The van der Waals surface area contributed by atoms with Crippen LogP contribution in [0.5, 0.6) is 0 Å². The normalized spacial score (nSPS) is 28.3. The van der Waals surface area contributed by atoms with Gasteiger partial charge in [-0.05, 0) is 31.0 Å². The Hall–Kier alpha value is -1.95. The Balaban J connectivity index is 1.80. The molecule has 2 aliphatic heterocycles. The molecule has 124 valence electrons. The number of benzene rings is 1. The molecule has 3 atom stereocenters. The molecule has 2 heterocycles. The zero-order chi connectivity index (χ0) is 16.6. The number of rotatable bonds is 3. The average Bonchev–Trinajstić information content (AvgIpc) is 2.94. The molecule has 2 aliphatic rings. The molecule has 0 aliphatic carbocycles. The molecule has 0 spiro atoms. The van der Waals surface area contributed by atoms with Crippen LogP contribution in [0.15, 0.2) is 24.3 Å². The minimum atomic E-state index is -0.907. The minimum Gasteiger partial charge on any atom is -0.481 e. The van der Waals surface area contributed by atoms with Gasteiger partial charge < -0.3 is 14.7 Å². The van der Waals surface area contributed by atoms with Crippen LogP contribution in [0.25, 0.3) is 0 Å². The van der Waals surface area contributed by atoms with Gasteiger partial charge in [-0.3, -0.25) is 9.59 Å². The van der Waals surface area contributed by atoms with Gasteiger partial charge in [-0.15, -0.1) is 0 Å². The molecule has 1 aromatic rings. The van der Waals surface area contributed by atoms with Crippen LogP contribution in [0, 0.1) is 17.2 Å². The third-order valence-corrected chi connectivity index (χ3v) is 5.16. The predicted octanol–water partition coefficient (Wildman–Crippen LogP) is 1.88. The quantitative estimate of drug-likeness (QED) is 0.923. The van der Waals surface area contributed by atoms with Crippen molar-refractivity contribution >= 4 is 11.9 Å². The van der Waals surface area contributed by atoms with Crippen LogP contribution in [0.1, 0.15) is 24.8 Å². The van der Waals surface area contributed by atoms with Crippen molar-refractivity contribution in [2.75, 3.05) is 26.3 Å². The number of amides is 1. The summed E-state index contributed by atoms with van der Waals surface area (Å²) in [5, 5.41) is 9.65. The van der Waals surface area contributed by atoms with Gasteiger partial charge in [0.1, 0.15) is 5.82 Å². The smallest absolute Gasteiger partial charge is 0.311 e. The van der Waals surface area contributed by atoms with Crippen LogP contribution in [-0.4, -0.2) is 48.2 Å². The number of fused-ring (bicyclic) bond motifs is 1. The fourth-order valence-corrected chi connectivity index (χ4v) is 3.66. The number of carbonyl (C=O) groups excluding carboxylic acids is 1. The summed E-state index contributed by atoms with van der Waals surface area (Å²) >= 11 is 0. The molecule has 0 bridgehead atoms. The van der Waals surface area contributed by atoms with E-state index in [-0.39, 0.29) is 24.2 Å². The van der Waals surface area contributed by atoms with Crippen molar-refractivity contribution < 1.29 is 23.8 Å². The molecule has 1 unspecified atom stereocenters. The Kier molecular flexibility index (Phi) is 4.10. The largest absolute Gasteiger partial charge is 0.481 e. The topological polar surface area (TPSA) is 66.8 Å². The highest BCUT2D eigenvalue weighted by Gasteiger charge is 2.55. The van der Waals surface area contributed by atoms with Gasteiger partial charge in [-0.1, -0.05) is 12.1 Å². The van der Waals surface area contributed by atoms with Crippen LogP contribution in [0.3, 0.4) is 0 Å². The van der Waals surface area contributed by atoms with Crippen LogP contribution in [-0.2, 0) is 14.3 Å². The lowest BCUT2D eigenvalue weighted by molar-refractivity contribution is -0.157. The maximum Gasteiger partial charge on any atom is 0.311 e. The molecule has 1 amide bonds. The van der Waals surface area contributed by atoms with E-state index in [0.29, 0.717) is 31.7 Å². The number of carboxylic acid groups (broad SMARTS) is 1. The maximum absolute atomic E-state index is 13.4. The highest BCUT2D eigenvalue weighted by atomic mass is 19.1. The van der Waals surface area contributed by atoms with Gasteiger partial charge in [0.05, 0.1) is 17.9 Å². The lowest BCUT2D eigenvalue weighted by atomic mass is 9.74. The van der Waals surface area contributed by atoms with E-state index in [2.05, 4.69) is 0 Å². The van der Waals surface area contributed by atoms with Gasteiger partial charge in [0.25, 0.3) is 0 Å². The van der Waals surface area contributed by atoms with E-state index in [1.54, 1.807) is 24.0 Å². The fraction of sp³-hybridized carbons (Fsp3) is 0.529. The van der Waals surface area contributed by atoms with Crippen molar-refractivity contribution in [2.24, 2.45) is 11.3 Å². The van der Waals surface area contributed by atoms with Crippen molar-refractivity contribution in [3.05, 3.63) is 35.6 Å². The first kappa shape index (κ1) is 15.9. The number of carbonyl (C=O) groups is 2. The Morgan fingerprint density at radius 3 is 2.91 bits per heavy atom. The van der Waals surface area contributed by atoms with Crippen LogP contribution in [0.2, 0.25) is 0 Å². The average molecular weight is 321 g/mol. The molecule has 2 saturated heterocycles. The second-order valence-corrected chi connectivity index (χ2v) is 6.48. The van der Waals surface area contributed by atoms with E-state index in [4.69, 9.17) is 4.74 Å². The van der Waals surface area contributed by atoms with Gasteiger partial charge in [0.15, 0.2) is 0 Å². The predicted molar refractivity (Wildman–Crippen MR) is 80.4 cm³/mol. The van der Waals surface area contributed by atoms with E-state index in [1.807, 2.05) is 0 Å². The highest BCUT2D eigenvalue weighted by Crippen LogP contribution is 2.43. The zero-order valence-corrected chi connectivity index (χ0v) is 13.0. The SMILES string of the molecule is CC(C(=O)N1C[C@H]2COCC[C@@]2(C(=O)O)C1)c1cccc(F)c1. The first-order valence-corrected chi connectivity index (χ1v) is 7.79. The Labute approximate surface area is 134 Å². The molecule has 2 fully saturated rings. The summed E-state index contributed by atoms with van der Waals surface area (Å²) in [6, 6.07) is 5.97. The number of halogens is 1. The van der Waals surface area contributed by atoms with Crippen molar-refractivity contribution in [1.29, 1.82) is 0 Å². The van der Waals surface area contributed by atoms with Crippen LogP contribution >= 0.6 is 0 Å².